The number of rotatable bonds is 7. The molecular formula is C20H23ClN8O2S. The summed E-state index contributed by atoms with van der Waals surface area (Å²) in [6.07, 6.45) is 6.52. The summed E-state index contributed by atoms with van der Waals surface area (Å²) >= 11 is 6.27. The minimum absolute atomic E-state index is 0.172. The van der Waals surface area contributed by atoms with Crippen LogP contribution in [0.1, 0.15) is 16.8 Å². The second-order valence-corrected chi connectivity index (χ2v) is 9.76. The molecule has 0 saturated heterocycles. The normalized spacial score (nSPS) is 13.3. The standard InChI is InChI=1S/C20H23ClN8O2S/c1-29(32(2,30)31)19-17(23-7-8-24-19)12-25-18-16(21)11-26-20(28-18)27-15-4-3-14-10-22-6-5-13(14)9-15/h3-4,7-9,11,22H,5-6,10,12H2,1-2H3,(H2,25,26,27,28). The Labute approximate surface area is 191 Å². The molecule has 1 aliphatic heterocycles. The Hall–Kier alpha value is -3.02. The van der Waals surface area contributed by atoms with E-state index in [-0.39, 0.29) is 12.4 Å². The maximum Gasteiger partial charge on any atom is 0.233 e. The number of nitrogens with zero attached hydrogens (tertiary/aromatic N) is 5. The number of hydrogen-bond donors (Lipinski definition) is 3. The van der Waals surface area contributed by atoms with Gasteiger partial charge in [0.05, 0.1) is 19.0 Å². The quantitative estimate of drug-likeness (QED) is 0.473. The topological polar surface area (TPSA) is 125 Å². The van der Waals surface area contributed by atoms with Gasteiger partial charge in [0.15, 0.2) is 11.6 Å². The fourth-order valence-corrected chi connectivity index (χ4v) is 3.93. The highest BCUT2D eigenvalue weighted by Gasteiger charge is 2.18. The van der Waals surface area contributed by atoms with Crippen LogP contribution in [0.2, 0.25) is 5.02 Å². The first kappa shape index (κ1) is 22.2. The third-order valence-electron chi connectivity index (χ3n) is 5.06. The van der Waals surface area contributed by atoms with Crippen molar-refractivity contribution >= 4 is 44.9 Å². The van der Waals surface area contributed by atoms with Gasteiger partial charge in [-0.1, -0.05) is 17.7 Å². The van der Waals surface area contributed by atoms with Crippen molar-refractivity contribution in [3.05, 3.63) is 58.6 Å². The fraction of sp³-hybridized carbons (Fsp3) is 0.300. The number of halogens is 1. The molecule has 0 unspecified atom stereocenters. The van der Waals surface area contributed by atoms with Crippen molar-refractivity contribution < 1.29 is 8.42 Å². The maximum atomic E-state index is 11.9. The second-order valence-electron chi connectivity index (χ2n) is 7.34. The van der Waals surface area contributed by atoms with E-state index in [1.54, 1.807) is 0 Å². The molecule has 12 heteroatoms. The Morgan fingerprint density at radius 3 is 2.81 bits per heavy atom. The minimum Gasteiger partial charge on any atom is -0.363 e. The SMILES string of the molecule is CN(c1nccnc1CNc1nc(Nc2ccc3c(c2)CCNC3)ncc1Cl)S(C)(=O)=O. The van der Waals surface area contributed by atoms with Crippen LogP contribution in [0.4, 0.5) is 23.3 Å². The van der Waals surface area contributed by atoms with Crippen molar-refractivity contribution in [1.29, 1.82) is 0 Å². The van der Waals surface area contributed by atoms with E-state index in [0.717, 1.165) is 35.8 Å². The summed E-state index contributed by atoms with van der Waals surface area (Å²) in [5, 5.41) is 9.99. The van der Waals surface area contributed by atoms with Crippen molar-refractivity contribution in [3.8, 4) is 0 Å². The lowest BCUT2D eigenvalue weighted by Gasteiger charge is -2.19. The lowest BCUT2D eigenvalue weighted by atomic mass is 10.0. The fourth-order valence-electron chi connectivity index (χ4n) is 3.31. The van der Waals surface area contributed by atoms with Gasteiger partial charge in [-0.15, -0.1) is 0 Å². The van der Waals surface area contributed by atoms with Crippen LogP contribution in [-0.2, 0) is 29.5 Å². The smallest absolute Gasteiger partial charge is 0.233 e. The van der Waals surface area contributed by atoms with Gasteiger partial charge >= 0.3 is 0 Å². The first-order valence-electron chi connectivity index (χ1n) is 9.91. The zero-order valence-corrected chi connectivity index (χ0v) is 19.2. The van der Waals surface area contributed by atoms with Gasteiger partial charge in [-0.2, -0.15) is 4.98 Å². The molecule has 0 radical (unpaired) electrons. The average molecular weight is 475 g/mol. The van der Waals surface area contributed by atoms with Gasteiger partial charge in [0.2, 0.25) is 16.0 Å². The molecule has 0 bridgehead atoms. The largest absolute Gasteiger partial charge is 0.363 e. The van der Waals surface area contributed by atoms with E-state index < -0.39 is 10.0 Å². The summed E-state index contributed by atoms with van der Waals surface area (Å²) in [4.78, 5) is 17.1. The Morgan fingerprint density at radius 1 is 1.19 bits per heavy atom. The number of aromatic nitrogens is 4. The number of benzene rings is 1. The van der Waals surface area contributed by atoms with Gasteiger partial charge in [-0.05, 0) is 36.2 Å². The van der Waals surface area contributed by atoms with Crippen LogP contribution < -0.4 is 20.3 Å². The molecule has 3 aromatic rings. The molecule has 2 aromatic heterocycles. The van der Waals surface area contributed by atoms with Gasteiger partial charge in [-0.3, -0.25) is 9.29 Å². The first-order valence-corrected chi connectivity index (χ1v) is 12.1. The molecule has 4 rings (SSSR count). The summed E-state index contributed by atoms with van der Waals surface area (Å²) in [7, 11) is -2.05. The van der Waals surface area contributed by atoms with Crippen LogP contribution in [0, 0.1) is 0 Å². The van der Waals surface area contributed by atoms with Gasteiger partial charge in [0, 0.05) is 31.7 Å². The second kappa shape index (κ2) is 9.23. The van der Waals surface area contributed by atoms with Gasteiger partial charge in [0.1, 0.15) is 10.7 Å². The molecule has 0 fully saturated rings. The molecule has 168 valence electrons. The number of nitrogens with one attached hydrogen (secondary N) is 3. The van der Waals surface area contributed by atoms with Crippen LogP contribution in [0.25, 0.3) is 0 Å². The molecule has 3 N–H and O–H groups in total. The van der Waals surface area contributed by atoms with E-state index in [1.165, 1.54) is 36.8 Å². The van der Waals surface area contributed by atoms with Crippen LogP contribution in [-0.4, -0.2) is 48.2 Å². The van der Waals surface area contributed by atoms with Crippen LogP contribution in [0.5, 0.6) is 0 Å². The van der Waals surface area contributed by atoms with Gasteiger partial charge in [0.25, 0.3) is 0 Å². The van der Waals surface area contributed by atoms with E-state index in [4.69, 9.17) is 11.6 Å². The number of hydrogen-bond acceptors (Lipinski definition) is 9. The van der Waals surface area contributed by atoms with Gasteiger partial charge in [-0.25, -0.2) is 18.4 Å². The minimum atomic E-state index is -3.48. The van der Waals surface area contributed by atoms with Crippen molar-refractivity contribution in [2.45, 2.75) is 19.5 Å². The predicted molar refractivity (Wildman–Crippen MR) is 125 cm³/mol. The third-order valence-corrected chi connectivity index (χ3v) is 6.51. The van der Waals surface area contributed by atoms with Crippen LogP contribution in [0.15, 0.2) is 36.8 Å². The van der Waals surface area contributed by atoms with E-state index in [2.05, 4.69) is 48.0 Å². The average Bonchev–Trinajstić information content (AvgIpc) is 2.78. The number of sulfonamides is 1. The molecule has 0 spiro atoms. The molecule has 0 aliphatic carbocycles. The highest BCUT2D eigenvalue weighted by molar-refractivity contribution is 7.92. The molecule has 0 saturated carbocycles. The molecule has 32 heavy (non-hydrogen) atoms. The monoisotopic (exact) mass is 474 g/mol. The molecule has 1 aliphatic rings. The van der Waals surface area contributed by atoms with Crippen molar-refractivity contribution in [2.75, 3.05) is 34.8 Å². The highest BCUT2D eigenvalue weighted by Crippen LogP contribution is 2.25. The zero-order valence-electron chi connectivity index (χ0n) is 17.6. The lowest BCUT2D eigenvalue weighted by Crippen LogP contribution is -2.27. The first-order chi connectivity index (χ1) is 15.3. The van der Waals surface area contributed by atoms with E-state index in [0.29, 0.717) is 22.5 Å². The predicted octanol–water partition coefficient (Wildman–Crippen LogP) is 2.32. The lowest BCUT2D eigenvalue weighted by molar-refractivity contribution is 0.599. The molecule has 3 heterocycles. The Balaban J connectivity index is 1.51. The number of anilines is 4. The molecule has 0 atom stereocenters. The van der Waals surface area contributed by atoms with Crippen molar-refractivity contribution in [1.82, 2.24) is 25.3 Å². The molecular weight excluding hydrogens is 452 g/mol. The highest BCUT2D eigenvalue weighted by atomic mass is 35.5. The Morgan fingerprint density at radius 2 is 2.00 bits per heavy atom. The van der Waals surface area contributed by atoms with E-state index >= 15 is 0 Å². The van der Waals surface area contributed by atoms with Crippen LogP contribution >= 0.6 is 11.6 Å². The molecule has 1 aromatic carbocycles. The summed E-state index contributed by atoms with van der Waals surface area (Å²) in [5.41, 5.74) is 3.92. The summed E-state index contributed by atoms with van der Waals surface area (Å²) < 4.78 is 24.9. The summed E-state index contributed by atoms with van der Waals surface area (Å²) in [6.45, 7) is 2.01. The molecule has 10 nitrogen and oxygen atoms in total. The van der Waals surface area contributed by atoms with Crippen molar-refractivity contribution in [3.63, 3.8) is 0 Å². The summed E-state index contributed by atoms with van der Waals surface area (Å²) in [6, 6.07) is 6.19. The zero-order chi connectivity index (χ0) is 22.7. The van der Waals surface area contributed by atoms with Gasteiger partial charge < -0.3 is 16.0 Å². The van der Waals surface area contributed by atoms with E-state index in [1.807, 2.05) is 6.07 Å². The van der Waals surface area contributed by atoms with E-state index in [9.17, 15) is 8.42 Å². The third kappa shape index (κ3) is 5.06. The van der Waals surface area contributed by atoms with Crippen LogP contribution in [0.3, 0.4) is 0 Å². The summed E-state index contributed by atoms with van der Waals surface area (Å²) in [5.74, 6) is 1.01. The number of fused-ring (bicyclic) bond motifs is 1. The maximum absolute atomic E-state index is 11.9. The molecule has 0 amide bonds. The van der Waals surface area contributed by atoms with Crippen molar-refractivity contribution in [2.24, 2.45) is 0 Å². The Bertz CT molecular complexity index is 1240. The Kier molecular flexibility index (Phi) is 6.40.